The summed E-state index contributed by atoms with van der Waals surface area (Å²) >= 11 is 0. The van der Waals surface area contributed by atoms with Crippen molar-refractivity contribution in [3.8, 4) is 0 Å². The molecule has 0 heterocycles. The average molecular weight is 464 g/mol. The van der Waals surface area contributed by atoms with Gasteiger partial charge in [0.05, 0.1) is 6.10 Å². The molecule has 0 aliphatic heterocycles. The maximum atomic E-state index is 12.8. The molecule has 0 amide bonds. The Labute approximate surface area is 204 Å². The molecule has 3 fully saturated rings. The fourth-order valence-electron chi connectivity index (χ4n) is 7.04. The van der Waals surface area contributed by atoms with Gasteiger partial charge >= 0.3 is 10.4 Å². The van der Waals surface area contributed by atoms with Gasteiger partial charge in [-0.1, -0.05) is 25.5 Å². The van der Waals surface area contributed by atoms with E-state index in [0.29, 0.717) is 12.8 Å². The molecule has 3 saturated carbocycles. The number of rotatable bonds is 4. The second-order valence-corrected chi connectivity index (χ2v) is 10.8. The number of carbonyl (C=O) groups is 2. The minimum absolute atomic E-state index is 0. The van der Waals surface area contributed by atoms with E-state index in [1.54, 1.807) is 19.1 Å². The molecule has 3 N–H and O–H groups in total. The first-order chi connectivity index (χ1) is 13.8. The van der Waals surface area contributed by atoms with Gasteiger partial charge in [-0.25, -0.2) is 4.18 Å². The van der Waals surface area contributed by atoms with Gasteiger partial charge in [0.15, 0.2) is 11.6 Å². The van der Waals surface area contributed by atoms with Gasteiger partial charge in [0, 0.05) is 46.3 Å². The molecular formula is C21H28NaO8S. The van der Waals surface area contributed by atoms with E-state index in [-0.39, 0.29) is 65.9 Å². The summed E-state index contributed by atoms with van der Waals surface area (Å²) in [4.78, 5) is 24.6. The zero-order valence-corrected chi connectivity index (χ0v) is 20.9. The number of hydrogen-bond acceptors (Lipinski definition) is 7. The van der Waals surface area contributed by atoms with E-state index in [9.17, 15) is 28.2 Å². The maximum absolute atomic E-state index is 12.8. The van der Waals surface area contributed by atoms with Crippen LogP contribution in [0.5, 0.6) is 0 Å². The third-order valence-electron chi connectivity index (χ3n) is 8.45. The predicted octanol–water partition coefficient (Wildman–Crippen LogP) is 1.00. The van der Waals surface area contributed by atoms with E-state index < -0.39 is 45.3 Å². The second-order valence-electron chi connectivity index (χ2n) is 9.72. The predicted molar refractivity (Wildman–Crippen MR) is 111 cm³/mol. The number of hydrogen-bond donors (Lipinski definition) is 3. The Morgan fingerprint density at radius 2 is 1.97 bits per heavy atom. The first-order valence-corrected chi connectivity index (χ1v) is 11.7. The molecule has 4 aliphatic rings. The smallest absolute Gasteiger partial charge is 0.393 e. The van der Waals surface area contributed by atoms with Crippen molar-refractivity contribution in [2.45, 2.75) is 57.7 Å². The number of carbonyl (C=O) groups excluding carboxylic acids is 2. The molecule has 10 heteroatoms. The summed E-state index contributed by atoms with van der Waals surface area (Å²) in [6.07, 6.45) is 6.65. The molecule has 8 nitrogen and oxygen atoms in total. The quantitative estimate of drug-likeness (QED) is 0.415. The van der Waals surface area contributed by atoms with Crippen molar-refractivity contribution in [1.82, 2.24) is 0 Å². The van der Waals surface area contributed by atoms with Crippen LogP contribution in [0.3, 0.4) is 0 Å². The molecule has 0 aromatic rings. The molecule has 0 bridgehead atoms. The maximum Gasteiger partial charge on any atom is 0.397 e. The number of aliphatic hydroxyl groups excluding tert-OH is 1. The van der Waals surface area contributed by atoms with Crippen molar-refractivity contribution in [2.75, 3.05) is 6.61 Å². The second kappa shape index (κ2) is 8.13. The zero-order valence-electron chi connectivity index (χ0n) is 18.1. The van der Waals surface area contributed by atoms with E-state index in [1.807, 2.05) is 13.0 Å². The topological polar surface area (TPSA) is 138 Å². The molecular weight excluding hydrogens is 435 g/mol. The van der Waals surface area contributed by atoms with E-state index >= 15 is 0 Å². The summed E-state index contributed by atoms with van der Waals surface area (Å²) < 4.78 is 34.8. The van der Waals surface area contributed by atoms with Crippen LogP contribution in [0.15, 0.2) is 23.8 Å². The van der Waals surface area contributed by atoms with Gasteiger partial charge in [0.1, 0.15) is 12.2 Å². The molecule has 1 radical (unpaired) electrons. The number of aliphatic hydroxyl groups is 2. The third kappa shape index (κ3) is 3.85. The van der Waals surface area contributed by atoms with Crippen LogP contribution < -0.4 is 0 Å². The molecule has 7 atom stereocenters. The first-order valence-electron chi connectivity index (χ1n) is 10.3. The van der Waals surface area contributed by atoms with Crippen molar-refractivity contribution in [3.05, 3.63) is 23.8 Å². The summed E-state index contributed by atoms with van der Waals surface area (Å²) in [7, 11) is -4.80. The van der Waals surface area contributed by atoms with Crippen LogP contribution in [-0.4, -0.2) is 82.6 Å². The van der Waals surface area contributed by atoms with Gasteiger partial charge in [-0.05, 0) is 56.1 Å². The van der Waals surface area contributed by atoms with Crippen LogP contribution in [0, 0.1) is 28.6 Å². The number of ketones is 2. The average Bonchev–Trinajstić information content (AvgIpc) is 2.91. The SMILES string of the molecule is C[C@]12C=CC(=O)C=C1CC[C@@H]1[C@@H]2[C@@H](O)C[C@@]2(C)[C@H]1CC[C@]2(O)C(=O)COS(=O)(=O)O.[Na]. The van der Waals surface area contributed by atoms with E-state index in [1.165, 1.54) is 0 Å². The molecule has 0 saturated heterocycles. The largest absolute Gasteiger partial charge is 0.397 e. The standard InChI is InChI=1S/C21H28O8S.Na/c1-19-7-5-13(22)9-12(19)3-4-14-15-6-8-21(25,17(24)11-29-30(26,27)28)20(15,2)10-16(23)18(14)19;/h5,7,9,14-16,18,23,25H,3-4,6,8,10-11H2,1-2H3,(H,26,27,28);/t14-,15-,16-,18+,19-,20-,21-;/m0./s1. The summed E-state index contributed by atoms with van der Waals surface area (Å²) in [5.74, 6) is -0.984. The van der Waals surface area contributed by atoms with Gasteiger partial charge < -0.3 is 10.2 Å². The zero-order chi connectivity index (χ0) is 22.1. The third-order valence-corrected chi connectivity index (χ3v) is 8.86. The van der Waals surface area contributed by atoms with Crippen LogP contribution in [0.25, 0.3) is 0 Å². The summed E-state index contributed by atoms with van der Waals surface area (Å²) in [5.41, 5.74) is -2.22. The number of Topliss-reactive ketones (excluding diaryl/α,β-unsaturated/α-hetero) is 1. The minimum atomic E-state index is -4.80. The minimum Gasteiger partial charge on any atom is -0.393 e. The summed E-state index contributed by atoms with van der Waals surface area (Å²) in [5, 5.41) is 22.6. The molecule has 4 rings (SSSR count). The first kappa shape index (κ1) is 25.2. The van der Waals surface area contributed by atoms with Gasteiger partial charge in [-0.15, -0.1) is 0 Å². The van der Waals surface area contributed by atoms with Crippen molar-refractivity contribution >= 4 is 51.5 Å². The molecule has 4 aliphatic carbocycles. The van der Waals surface area contributed by atoms with Crippen LogP contribution in [0.4, 0.5) is 0 Å². The Morgan fingerprint density at radius 3 is 2.61 bits per heavy atom. The number of allylic oxidation sites excluding steroid dienone is 4. The van der Waals surface area contributed by atoms with Gasteiger partial charge in [-0.3, -0.25) is 14.1 Å². The van der Waals surface area contributed by atoms with Crippen LogP contribution in [0.1, 0.15) is 46.0 Å². The van der Waals surface area contributed by atoms with Crippen molar-refractivity contribution < 1.29 is 37.0 Å². The molecule has 167 valence electrons. The molecule has 0 spiro atoms. The van der Waals surface area contributed by atoms with E-state index in [2.05, 4.69) is 4.18 Å². The Bertz CT molecular complexity index is 958. The van der Waals surface area contributed by atoms with Crippen molar-refractivity contribution in [1.29, 1.82) is 0 Å². The van der Waals surface area contributed by atoms with Gasteiger partial charge in [-0.2, -0.15) is 8.42 Å². The fraction of sp³-hybridized carbons (Fsp3) is 0.714. The normalized spacial score (nSPS) is 43.9. The Balaban J connectivity index is 0.00000272. The summed E-state index contributed by atoms with van der Waals surface area (Å²) in [6, 6.07) is 0. The van der Waals surface area contributed by atoms with Crippen molar-refractivity contribution in [3.63, 3.8) is 0 Å². The van der Waals surface area contributed by atoms with E-state index in [4.69, 9.17) is 4.55 Å². The fourth-order valence-corrected chi connectivity index (χ4v) is 7.29. The molecule has 0 unspecified atom stereocenters. The van der Waals surface area contributed by atoms with Crippen LogP contribution >= 0.6 is 0 Å². The monoisotopic (exact) mass is 463 g/mol. The van der Waals surface area contributed by atoms with Gasteiger partial charge in [0.25, 0.3) is 0 Å². The number of fused-ring (bicyclic) bond motifs is 5. The van der Waals surface area contributed by atoms with Crippen molar-refractivity contribution in [2.24, 2.45) is 28.6 Å². The molecule has 31 heavy (non-hydrogen) atoms. The Hall–Kier alpha value is -0.390. The van der Waals surface area contributed by atoms with E-state index in [0.717, 1.165) is 12.0 Å². The van der Waals surface area contributed by atoms with Gasteiger partial charge in [0.2, 0.25) is 0 Å². The molecule has 0 aromatic carbocycles. The Morgan fingerprint density at radius 1 is 1.29 bits per heavy atom. The molecule has 0 aromatic heterocycles. The van der Waals surface area contributed by atoms with Crippen LogP contribution in [-0.2, 0) is 24.2 Å². The summed E-state index contributed by atoms with van der Waals surface area (Å²) in [6.45, 7) is 2.87. The van der Waals surface area contributed by atoms with Crippen LogP contribution in [0.2, 0.25) is 0 Å². The Kier molecular flexibility index (Phi) is 6.62.